The Morgan fingerprint density at radius 2 is 2.14 bits per heavy atom. The van der Waals surface area contributed by atoms with Crippen molar-refractivity contribution in [3.05, 3.63) is 77.8 Å². The number of hydrogen-bond acceptors (Lipinski definition) is 5. The van der Waals surface area contributed by atoms with Gasteiger partial charge in [0.1, 0.15) is 23.5 Å². The van der Waals surface area contributed by atoms with Crippen molar-refractivity contribution in [1.29, 1.82) is 0 Å². The van der Waals surface area contributed by atoms with Gasteiger partial charge in [0, 0.05) is 32.2 Å². The molecule has 3 heterocycles. The third kappa shape index (κ3) is 3.97. The zero-order valence-corrected chi connectivity index (χ0v) is 16.3. The van der Waals surface area contributed by atoms with Crippen LogP contribution in [0.15, 0.2) is 65.0 Å². The van der Waals surface area contributed by atoms with E-state index in [9.17, 15) is 17.6 Å². The minimum absolute atomic E-state index is 0.116. The lowest BCUT2D eigenvalue weighted by atomic mass is 10.0. The molecule has 1 unspecified atom stereocenters. The van der Waals surface area contributed by atoms with Crippen LogP contribution in [0.3, 0.4) is 0 Å². The summed E-state index contributed by atoms with van der Waals surface area (Å²) in [6.45, 7) is 0.217. The van der Waals surface area contributed by atoms with Gasteiger partial charge in [-0.25, -0.2) is 17.8 Å². The lowest BCUT2D eigenvalue weighted by Crippen LogP contribution is -2.38. The monoisotopic (exact) mass is 415 g/mol. The number of fused-ring (bicyclic) bond motifs is 1. The number of carbonyl (C=O) groups excluding carboxylic acids is 1. The molecule has 0 bridgehead atoms. The molecule has 0 aliphatic carbocycles. The number of aromatic nitrogens is 2. The van der Waals surface area contributed by atoms with Crippen LogP contribution in [0.2, 0.25) is 0 Å². The quantitative estimate of drug-likeness (QED) is 0.811. The van der Waals surface area contributed by atoms with Crippen LogP contribution in [0.4, 0.5) is 4.39 Å². The number of amides is 1. The van der Waals surface area contributed by atoms with E-state index in [1.807, 2.05) is 0 Å². The fourth-order valence-electron chi connectivity index (χ4n) is 3.19. The van der Waals surface area contributed by atoms with Crippen LogP contribution in [0, 0.1) is 5.82 Å². The highest BCUT2D eigenvalue weighted by Gasteiger charge is 2.27. The number of benzene rings is 1. The fraction of sp³-hybridized carbons (Fsp3) is 0.211. The molecule has 1 amide bonds. The van der Waals surface area contributed by atoms with Gasteiger partial charge in [-0.2, -0.15) is 0 Å². The Labute approximate surface area is 167 Å². The topological polar surface area (TPSA) is 96.7 Å². The molecule has 1 aromatic heterocycles. The molecule has 0 fully saturated rings. The Bertz CT molecular complexity index is 1170. The number of rotatable bonds is 4. The first kappa shape index (κ1) is 19.1. The second-order valence-electron chi connectivity index (χ2n) is 6.70. The van der Waals surface area contributed by atoms with E-state index in [4.69, 9.17) is 0 Å². The van der Waals surface area contributed by atoms with Gasteiger partial charge in [-0.15, -0.1) is 4.40 Å². The minimum atomic E-state index is -3.47. The second-order valence-corrected chi connectivity index (χ2v) is 8.46. The summed E-state index contributed by atoms with van der Waals surface area (Å²) in [7, 11) is -1.68. The number of halogens is 1. The fourth-order valence-corrected chi connectivity index (χ4v) is 4.16. The molecule has 150 valence electrons. The van der Waals surface area contributed by atoms with Crippen molar-refractivity contribution in [2.75, 3.05) is 12.3 Å². The maximum absolute atomic E-state index is 13.8. The predicted molar refractivity (Wildman–Crippen MR) is 105 cm³/mol. The summed E-state index contributed by atoms with van der Waals surface area (Å²) in [6.07, 6.45) is 7.90. The van der Waals surface area contributed by atoms with E-state index < -0.39 is 27.8 Å². The molecule has 1 aromatic carbocycles. The molecule has 0 saturated heterocycles. The lowest BCUT2D eigenvalue weighted by molar-refractivity contribution is -0.117. The van der Waals surface area contributed by atoms with E-state index in [1.165, 1.54) is 24.3 Å². The highest BCUT2D eigenvalue weighted by Crippen LogP contribution is 2.23. The molecule has 4 rings (SSSR count). The lowest BCUT2D eigenvalue weighted by Gasteiger charge is -2.27. The number of hydrogen-bond donors (Lipinski definition) is 1. The van der Waals surface area contributed by atoms with Gasteiger partial charge in [0.25, 0.3) is 15.9 Å². The van der Waals surface area contributed by atoms with Gasteiger partial charge in [-0.1, -0.05) is 12.1 Å². The summed E-state index contributed by atoms with van der Waals surface area (Å²) >= 11 is 0. The number of nitrogens with one attached hydrogen (secondary N) is 1. The third-order valence-corrected chi connectivity index (χ3v) is 5.82. The number of aryl methyl sites for hydroxylation is 1. The number of imidazole rings is 1. The first-order valence-electron chi connectivity index (χ1n) is 8.85. The molecule has 0 saturated carbocycles. The number of carbonyl (C=O) groups is 1. The SMILES string of the molecule is Cn1ccnc1C(NC(=O)C1=CN2CCS(=O)(=O)N=C2C=C1)c1cccc(F)c1. The van der Waals surface area contributed by atoms with Crippen LogP contribution in [0.5, 0.6) is 0 Å². The van der Waals surface area contributed by atoms with E-state index in [0.717, 1.165) is 0 Å². The Kier molecular flexibility index (Phi) is 4.79. The van der Waals surface area contributed by atoms with Crippen molar-refractivity contribution >= 4 is 21.8 Å². The maximum atomic E-state index is 13.8. The van der Waals surface area contributed by atoms with E-state index in [2.05, 4.69) is 14.7 Å². The van der Waals surface area contributed by atoms with Gasteiger partial charge in [0.05, 0.1) is 11.3 Å². The molecule has 2 aliphatic heterocycles. The molecule has 8 nitrogen and oxygen atoms in total. The number of nitrogens with zero attached hydrogens (tertiary/aromatic N) is 4. The smallest absolute Gasteiger partial charge is 0.256 e. The molecule has 0 radical (unpaired) electrons. The van der Waals surface area contributed by atoms with Crippen LogP contribution in [-0.2, 0) is 21.9 Å². The summed E-state index contributed by atoms with van der Waals surface area (Å²) in [6, 6.07) is 5.31. The summed E-state index contributed by atoms with van der Waals surface area (Å²) in [4.78, 5) is 18.8. The van der Waals surface area contributed by atoms with E-state index >= 15 is 0 Å². The number of amidine groups is 1. The van der Waals surface area contributed by atoms with E-state index in [0.29, 0.717) is 17.0 Å². The minimum Gasteiger partial charge on any atom is -0.338 e. The van der Waals surface area contributed by atoms with Gasteiger partial charge in [-0.05, 0) is 29.8 Å². The largest absolute Gasteiger partial charge is 0.338 e. The van der Waals surface area contributed by atoms with Gasteiger partial charge in [-0.3, -0.25) is 4.79 Å². The van der Waals surface area contributed by atoms with Crippen molar-refractivity contribution in [1.82, 2.24) is 19.8 Å². The highest BCUT2D eigenvalue weighted by atomic mass is 32.2. The summed E-state index contributed by atoms with van der Waals surface area (Å²) in [5, 5.41) is 2.89. The van der Waals surface area contributed by atoms with Crippen molar-refractivity contribution in [3.8, 4) is 0 Å². The van der Waals surface area contributed by atoms with Crippen molar-refractivity contribution in [2.45, 2.75) is 6.04 Å². The normalized spacial score (nSPS) is 18.5. The molecule has 10 heteroatoms. The van der Waals surface area contributed by atoms with Gasteiger partial charge < -0.3 is 14.8 Å². The van der Waals surface area contributed by atoms with Crippen molar-refractivity contribution in [3.63, 3.8) is 0 Å². The Morgan fingerprint density at radius 3 is 2.86 bits per heavy atom. The van der Waals surface area contributed by atoms with Gasteiger partial charge >= 0.3 is 0 Å². The molecular weight excluding hydrogens is 397 g/mol. The third-order valence-electron chi connectivity index (χ3n) is 4.66. The van der Waals surface area contributed by atoms with Crippen molar-refractivity contribution < 1.29 is 17.6 Å². The Morgan fingerprint density at radius 1 is 1.31 bits per heavy atom. The highest BCUT2D eigenvalue weighted by molar-refractivity contribution is 7.90. The van der Waals surface area contributed by atoms with E-state index in [1.54, 1.807) is 47.2 Å². The first-order chi connectivity index (χ1) is 13.8. The van der Waals surface area contributed by atoms with E-state index in [-0.39, 0.29) is 18.1 Å². The number of sulfonamides is 1. The molecular formula is C19H18FN5O3S. The molecule has 0 spiro atoms. The second kappa shape index (κ2) is 7.28. The average molecular weight is 415 g/mol. The zero-order chi connectivity index (χ0) is 20.6. The molecule has 1 N–H and O–H groups in total. The average Bonchev–Trinajstić information content (AvgIpc) is 3.10. The van der Waals surface area contributed by atoms with Crippen LogP contribution >= 0.6 is 0 Å². The maximum Gasteiger partial charge on any atom is 0.256 e. The molecule has 2 aromatic rings. The standard InChI is InChI=1S/C19H18FN5O3S/c1-24-8-7-21-18(24)17(13-3-2-4-15(20)11-13)22-19(26)14-5-6-16-23-29(27,28)10-9-25(16)12-14/h2-8,11-12,17H,9-10H2,1H3,(H,22,26). The molecule has 1 atom stereocenters. The zero-order valence-electron chi connectivity index (χ0n) is 15.5. The first-order valence-corrected chi connectivity index (χ1v) is 10.5. The predicted octanol–water partition coefficient (Wildman–Crippen LogP) is 1.26. The van der Waals surface area contributed by atoms with Crippen LogP contribution in [-0.4, -0.2) is 46.9 Å². The molecule has 29 heavy (non-hydrogen) atoms. The summed E-state index contributed by atoms with van der Waals surface area (Å²) in [5.74, 6) is -0.0992. The van der Waals surface area contributed by atoms with Crippen LogP contribution in [0.25, 0.3) is 0 Å². The summed E-state index contributed by atoms with van der Waals surface area (Å²) < 4.78 is 42.5. The van der Waals surface area contributed by atoms with Gasteiger partial charge in [0.2, 0.25) is 0 Å². The summed E-state index contributed by atoms with van der Waals surface area (Å²) in [5.41, 5.74) is 0.887. The van der Waals surface area contributed by atoms with Gasteiger partial charge in [0.15, 0.2) is 0 Å². The molecule has 2 aliphatic rings. The Balaban J connectivity index is 1.62. The van der Waals surface area contributed by atoms with Crippen LogP contribution in [0.1, 0.15) is 17.4 Å². The van der Waals surface area contributed by atoms with Crippen LogP contribution < -0.4 is 5.32 Å². The Hall–Kier alpha value is -3.27. The van der Waals surface area contributed by atoms with Crippen molar-refractivity contribution in [2.24, 2.45) is 11.4 Å².